The first kappa shape index (κ1) is 21.1. The monoisotopic (exact) mass is 451 g/mol. The maximum Gasteiger partial charge on any atom is 0.192 e. The van der Waals surface area contributed by atoms with Crippen LogP contribution in [0.25, 0.3) is 22.0 Å². The minimum atomic E-state index is 0.626. The number of pyridine rings is 1. The molecule has 0 saturated heterocycles. The second-order valence-electron chi connectivity index (χ2n) is 6.44. The number of rotatable bonds is 9. The Balaban J connectivity index is 1.52. The molecule has 0 spiro atoms. The molecule has 158 valence electrons. The van der Waals surface area contributed by atoms with Crippen LogP contribution in [-0.2, 0) is 12.3 Å². The minimum Gasteiger partial charge on any atom is -0.493 e. The highest BCUT2D eigenvalue weighted by atomic mass is 32.2. The lowest BCUT2D eigenvalue weighted by atomic mass is 10.2. The largest absolute Gasteiger partial charge is 0.493 e. The van der Waals surface area contributed by atoms with Gasteiger partial charge in [0, 0.05) is 41.2 Å². The molecule has 0 aliphatic heterocycles. The van der Waals surface area contributed by atoms with Gasteiger partial charge in [-0.25, -0.2) is 4.98 Å². The molecule has 31 heavy (non-hydrogen) atoms. The van der Waals surface area contributed by atoms with Crippen LogP contribution in [0.2, 0.25) is 0 Å². The molecule has 0 N–H and O–H groups in total. The average Bonchev–Trinajstić information content (AvgIpc) is 3.45. The van der Waals surface area contributed by atoms with Gasteiger partial charge in [-0.15, -0.1) is 28.1 Å². The molecular weight excluding hydrogens is 430 g/mol. The van der Waals surface area contributed by atoms with Crippen LogP contribution < -0.4 is 9.47 Å². The number of hydrogen-bond donors (Lipinski definition) is 0. The fourth-order valence-electron chi connectivity index (χ4n) is 3.02. The van der Waals surface area contributed by atoms with Crippen molar-refractivity contribution in [3.63, 3.8) is 0 Å². The van der Waals surface area contributed by atoms with E-state index in [2.05, 4.69) is 31.7 Å². The Bertz CT molecular complexity index is 1170. The molecule has 0 unspecified atom stereocenters. The third kappa shape index (κ3) is 4.62. The number of aromatic nitrogens is 5. The molecule has 0 aliphatic rings. The predicted octanol–water partition coefficient (Wildman–Crippen LogP) is 4.96. The molecule has 4 rings (SSSR count). The van der Waals surface area contributed by atoms with Crippen molar-refractivity contribution in [1.82, 2.24) is 24.7 Å². The second kappa shape index (κ2) is 9.76. The van der Waals surface area contributed by atoms with Crippen LogP contribution in [0.1, 0.15) is 5.69 Å². The Kier molecular flexibility index (Phi) is 6.63. The summed E-state index contributed by atoms with van der Waals surface area (Å²) in [4.78, 5) is 8.85. The number of hydrogen-bond acceptors (Lipinski definition) is 8. The summed E-state index contributed by atoms with van der Waals surface area (Å²) in [5.74, 6) is 2.88. The van der Waals surface area contributed by atoms with Gasteiger partial charge >= 0.3 is 0 Å². The van der Waals surface area contributed by atoms with Gasteiger partial charge in [0.15, 0.2) is 22.5 Å². The first-order valence-corrected chi connectivity index (χ1v) is 11.3. The second-order valence-corrected chi connectivity index (χ2v) is 8.24. The first-order valence-electron chi connectivity index (χ1n) is 9.47. The molecule has 0 aliphatic carbocycles. The Morgan fingerprint density at radius 1 is 1.06 bits per heavy atom. The minimum absolute atomic E-state index is 0.626. The third-order valence-electron chi connectivity index (χ3n) is 4.50. The van der Waals surface area contributed by atoms with Gasteiger partial charge in [-0.3, -0.25) is 9.55 Å². The summed E-state index contributed by atoms with van der Waals surface area (Å²) in [5, 5.41) is 12.6. The number of benzene rings is 1. The van der Waals surface area contributed by atoms with Crippen LogP contribution >= 0.6 is 23.1 Å². The van der Waals surface area contributed by atoms with E-state index in [1.54, 1.807) is 49.7 Å². The maximum absolute atomic E-state index is 5.40. The summed E-state index contributed by atoms with van der Waals surface area (Å²) in [7, 11) is 3.26. The van der Waals surface area contributed by atoms with Crippen molar-refractivity contribution in [3.8, 4) is 33.5 Å². The number of ether oxygens (including phenoxy) is 2. The Morgan fingerprint density at radius 3 is 2.61 bits per heavy atom. The van der Waals surface area contributed by atoms with Crippen LogP contribution in [0.3, 0.4) is 0 Å². The highest BCUT2D eigenvalue weighted by Gasteiger charge is 2.15. The van der Waals surface area contributed by atoms with Gasteiger partial charge in [0.25, 0.3) is 0 Å². The molecule has 0 saturated carbocycles. The fraction of sp³-hybridized carbons (Fsp3) is 0.182. The van der Waals surface area contributed by atoms with Gasteiger partial charge < -0.3 is 9.47 Å². The first-order chi connectivity index (χ1) is 15.2. The molecule has 4 aromatic rings. The van der Waals surface area contributed by atoms with Gasteiger partial charge in [-0.2, -0.15) is 0 Å². The molecule has 0 fully saturated rings. The summed E-state index contributed by atoms with van der Waals surface area (Å²) in [6.07, 6.45) is 5.34. The van der Waals surface area contributed by atoms with E-state index in [1.807, 2.05) is 36.4 Å². The fourth-order valence-corrected chi connectivity index (χ4v) is 4.78. The lowest BCUT2D eigenvalue weighted by molar-refractivity contribution is 0.355. The highest BCUT2D eigenvalue weighted by molar-refractivity contribution is 7.98. The lowest BCUT2D eigenvalue weighted by Crippen LogP contribution is -2.00. The van der Waals surface area contributed by atoms with Crippen molar-refractivity contribution in [2.75, 3.05) is 14.2 Å². The SMILES string of the molecule is C=CCn1c(SCc2csc(-c3ccc(OC)c(OC)c3)n2)nnc1-c1ccncc1. The number of thioether (sulfide) groups is 1. The predicted molar refractivity (Wildman–Crippen MR) is 124 cm³/mol. The number of thiazole rings is 1. The normalized spacial score (nSPS) is 10.8. The van der Waals surface area contributed by atoms with Crippen molar-refractivity contribution in [3.05, 3.63) is 66.5 Å². The van der Waals surface area contributed by atoms with E-state index >= 15 is 0 Å². The van der Waals surface area contributed by atoms with Crippen molar-refractivity contribution in [1.29, 1.82) is 0 Å². The van der Waals surface area contributed by atoms with E-state index in [1.165, 1.54) is 0 Å². The zero-order chi connectivity index (χ0) is 21.6. The molecule has 9 heteroatoms. The van der Waals surface area contributed by atoms with E-state index in [9.17, 15) is 0 Å². The van der Waals surface area contributed by atoms with Crippen LogP contribution in [0.5, 0.6) is 11.5 Å². The quantitative estimate of drug-likeness (QED) is 0.263. The Labute approximate surface area is 188 Å². The average molecular weight is 452 g/mol. The van der Waals surface area contributed by atoms with E-state index in [-0.39, 0.29) is 0 Å². The summed E-state index contributed by atoms with van der Waals surface area (Å²) >= 11 is 3.20. The van der Waals surface area contributed by atoms with E-state index in [4.69, 9.17) is 14.5 Å². The number of allylic oxidation sites excluding steroid dienone is 1. The lowest BCUT2D eigenvalue weighted by Gasteiger charge is -2.08. The van der Waals surface area contributed by atoms with E-state index < -0.39 is 0 Å². The van der Waals surface area contributed by atoms with Gasteiger partial charge in [0.05, 0.1) is 19.9 Å². The summed E-state index contributed by atoms with van der Waals surface area (Å²) < 4.78 is 12.8. The molecule has 7 nitrogen and oxygen atoms in total. The standard InChI is InChI=1S/C22H21N5O2S2/c1-4-11-27-20(15-7-9-23-10-8-15)25-26-22(27)31-14-17-13-30-21(24-17)16-5-6-18(28-2)19(12-16)29-3/h4-10,12-13H,1,11,14H2,2-3H3. The zero-order valence-electron chi connectivity index (χ0n) is 17.2. The van der Waals surface area contributed by atoms with Crippen molar-refractivity contribution in [2.24, 2.45) is 0 Å². The van der Waals surface area contributed by atoms with Crippen molar-refractivity contribution >= 4 is 23.1 Å². The summed E-state index contributed by atoms with van der Waals surface area (Å²) in [6, 6.07) is 9.67. The summed E-state index contributed by atoms with van der Waals surface area (Å²) in [6.45, 7) is 4.49. The summed E-state index contributed by atoms with van der Waals surface area (Å²) in [5.41, 5.74) is 2.95. The molecule has 0 radical (unpaired) electrons. The van der Waals surface area contributed by atoms with Crippen molar-refractivity contribution in [2.45, 2.75) is 17.5 Å². The third-order valence-corrected chi connectivity index (χ3v) is 6.44. The molecule has 1 aromatic carbocycles. The Hall–Kier alpha value is -3.17. The topological polar surface area (TPSA) is 75.0 Å². The number of methoxy groups -OCH3 is 2. The van der Waals surface area contributed by atoms with E-state index in [0.29, 0.717) is 23.8 Å². The molecule has 0 amide bonds. The highest BCUT2D eigenvalue weighted by Crippen LogP contribution is 2.34. The van der Waals surface area contributed by atoms with Gasteiger partial charge in [0.1, 0.15) is 5.01 Å². The van der Waals surface area contributed by atoms with Crippen LogP contribution in [0, 0.1) is 0 Å². The van der Waals surface area contributed by atoms with Gasteiger partial charge in [-0.1, -0.05) is 17.8 Å². The zero-order valence-corrected chi connectivity index (χ0v) is 18.8. The molecule has 0 bridgehead atoms. The Morgan fingerprint density at radius 2 is 1.87 bits per heavy atom. The maximum atomic E-state index is 5.40. The van der Waals surface area contributed by atoms with E-state index in [0.717, 1.165) is 32.8 Å². The van der Waals surface area contributed by atoms with Crippen LogP contribution in [0.15, 0.2) is 65.9 Å². The molecular formula is C22H21N5O2S2. The molecule has 3 heterocycles. The van der Waals surface area contributed by atoms with Gasteiger partial charge in [-0.05, 0) is 30.3 Å². The van der Waals surface area contributed by atoms with Crippen molar-refractivity contribution < 1.29 is 9.47 Å². The number of nitrogens with zero attached hydrogens (tertiary/aromatic N) is 5. The molecule has 0 atom stereocenters. The molecule has 3 aromatic heterocycles. The van der Waals surface area contributed by atoms with Gasteiger partial charge in [0.2, 0.25) is 0 Å². The smallest absolute Gasteiger partial charge is 0.192 e. The van der Waals surface area contributed by atoms with Crippen LogP contribution in [0.4, 0.5) is 0 Å². The van der Waals surface area contributed by atoms with Crippen LogP contribution in [-0.4, -0.2) is 39.0 Å².